The predicted molar refractivity (Wildman–Crippen MR) is 255 cm³/mol. The molecule has 2 aromatic carbocycles. The van der Waals surface area contributed by atoms with E-state index in [4.69, 9.17) is 51.5 Å². The quantitative estimate of drug-likeness (QED) is 0.0387. The fraction of sp³-hybridized carbons (Fsp3) is 0.609. The van der Waals surface area contributed by atoms with Crippen molar-refractivity contribution in [2.75, 3.05) is 26.4 Å². The Morgan fingerprint density at radius 2 is 1.25 bits per heavy atom. The van der Waals surface area contributed by atoms with Crippen LogP contribution in [0.5, 0.6) is 0 Å². The van der Waals surface area contributed by atoms with Gasteiger partial charge in [-0.1, -0.05) is 138 Å². The van der Waals surface area contributed by atoms with E-state index in [1.165, 1.54) is 12.2 Å². The number of hydrogen-bond donors (Lipinski definition) is 1. The average Bonchev–Trinajstić information content (AvgIpc) is 3.28. The zero-order valence-corrected chi connectivity index (χ0v) is 42.7. The van der Waals surface area contributed by atoms with Crippen LogP contribution >= 0.6 is 0 Å². The minimum absolute atomic E-state index is 0.00201. The van der Waals surface area contributed by atoms with Gasteiger partial charge in [0.2, 0.25) is 0 Å². The van der Waals surface area contributed by atoms with Gasteiger partial charge in [0.1, 0.15) is 61.9 Å². The van der Waals surface area contributed by atoms with E-state index in [1.54, 1.807) is 0 Å². The Balaban J connectivity index is 0.000000297. The van der Waals surface area contributed by atoms with Crippen LogP contribution in [0.2, 0.25) is 36.3 Å². The number of hydrogen-bond acceptors (Lipinski definition) is 16. The van der Waals surface area contributed by atoms with Gasteiger partial charge in [0, 0.05) is 15.4 Å². The molecule has 3 aliphatic heterocycles. The van der Waals surface area contributed by atoms with Gasteiger partial charge in [-0.15, -0.1) is 0 Å². The number of azide groups is 2. The van der Waals surface area contributed by atoms with Crippen molar-refractivity contribution in [3.8, 4) is 0 Å². The molecule has 0 aromatic heterocycles. The molecule has 0 spiro atoms. The number of aliphatic hydroxyl groups excluding tert-OH is 1. The third-order valence-corrected chi connectivity index (χ3v) is 21.2. The van der Waals surface area contributed by atoms with Crippen molar-refractivity contribution in [3.63, 3.8) is 0 Å². The lowest BCUT2D eigenvalue weighted by atomic mass is 9.96. The molecule has 0 aliphatic carbocycles. The van der Waals surface area contributed by atoms with Crippen LogP contribution in [0, 0.1) is 0 Å². The number of rotatable bonds is 17. The zero-order valence-electron chi connectivity index (χ0n) is 40.7. The number of carbonyl (C=O) groups excluding carboxylic acids is 2. The molecule has 3 heterocycles. The third kappa shape index (κ3) is 15.3. The molecule has 0 bridgehead atoms. The first-order valence-corrected chi connectivity index (χ1v) is 28.1. The number of benzene rings is 2. The van der Waals surface area contributed by atoms with Crippen molar-refractivity contribution in [1.29, 1.82) is 0 Å². The maximum absolute atomic E-state index is 12.4. The second-order valence-electron chi connectivity index (χ2n) is 19.3. The third-order valence-electron chi connectivity index (χ3n) is 12.3. The number of ether oxygens (including phenoxy) is 9. The number of aliphatic hydroxyl groups is 1. The lowest BCUT2D eigenvalue weighted by Crippen LogP contribution is -2.64. The van der Waals surface area contributed by atoms with E-state index in [9.17, 15) is 25.8 Å². The standard InChI is InChI=1S/C23H33N3O7Si.C23H35N3O7Si/c1-7-13-28-22(27)32-19-17(25-26-24)21(33-34(5,6)23(2,3)4)30-16-14-29-20(31-18(16)19)15-11-9-8-10-12-15;1-7-13-30-22(28)32-20-18(25-26-24)21(33-34(5,6)23(2,3)4)31-17(19(20)27)15-29-14-16-11-9-8-10-12-16/h7-12,16-21H,1,13-14H2,2-6H3;7-12,17-21,27H,1,13-15H2,2-6H3/t16?,17?,18-,19-,20?,21+;17?,18?,19-,20-,21+/m11/s1. The number of nitrogens with zero attached hydrogens (tertiary/aromatic N) is 6. The van der Waals surface area contributed by atoms with Gasteiger partial charge < -0.3 is 56.6 Å². The summed E-state index contributed by atoms with van der Waals surface area (Å²) in [6, 6.07) is 16.8. The summed E-state index contributed by atoms with van der Waals surface area (Å²) in [5, 5.41) is 18.4. The minimum atomic E-state index is -2.40. The second kappa shape index (κ2) is 25.2. The average molecular weight is 985 g/mol. The Labute approximate surface area is 400 Å². The van der Waals surface area contributed by atoms with Crippen LogP contribution in [0.4, 0.5) is 9.59 Å². The topological polar surface area (TPSA) is 253 Å². The van der Waals surface area contributed by atoms with Gasteiger partial charge in [-0.05, 0) is 52.9 Å². The molecular formula is C46H68N6O14Si2. The molecule has 0 radical (unpaired) electrons. The van der Waals surface area contributed by atoms with Crippen molar-refractivity contribution in [1.82, 2.24) is 0 Å². The second-order valence-corrected chi connectivity index (χ2v) is 28.8. The fourth-order valence-corrected chi connectivity index (χ4v) is 8.81. The predicted octanol–water partition coefficient (Wildman–Crippen LogP) is 9.93. The van der Waals surface area contributed by atoms with Gasteiger partial charge in [0.25, 0.3) is 0 Å². The van der Waals surface area contributed by atoms with E-state index in [2.05, 4.69) is 87.8 Å². The van der Waals surface area contributed by atoms with Crippen molar-refractivity contribution >= 4 is 28.9 Å². The normalized spacial score (nSPS) is 27.2. The number of carbonyl (C=O) groups is 2. The first kappa shape index (κ1) is 55.8. The maximum atomic E-state index is 12.4. The molecule has 1 N–H and O–H groups in total. The van der Waals surface area contributed by atoms with E-state index in [0.29, 0.717) is 6.61 Å². The smallest absolute Gasteiger partial charge is 0.430 e. The highest BCUT2D eigenvalue weighted by Gasteiger charge is 2.55. The van der Waals surface area contributed by atoms with Crippen LogP contribution in [0.3, 0.4) is 0 Å². The molecular weight excluding hydrogens is 917 g/mol. The van der Waals surface area contributed by atoms with Crippen LogP contribution in [0.15, 0.2) is 96.2 Å². The number of fused-ring (bicyclic) bond motifs is 1. The highest BCUT2D eigenvalue weighted by molar-refractivity contribution is 6.74. The van der Waals surface area contributed by atoms with Gasteiger partial charge in [-0.2, -0.15) is 0 Å². The largest absolute Gasteiger partial charge is 0.508 e. The van der Waals surface area contributed by atoms with Crippen LogP contribution in [-0.2, 0) is 58.1 Å². The Bertz CT molecular complexity index is 2010. The van der Waals surface area contributed by atoms with Gasteiger partial charge >= 0.3 is 12.3 Å². The molecule has 5 unspecified atom stereocenters. The van der Waals surface area contributed by atoms with Crippen molar-refractivity contribution in [2.45, 2.75) is 152 Å². The monoisotopic (exact) mass is 984 g/mol. The highest BCUT2D eigenvalue weighted by atomic mass is 28.4. The summed E-state index contributed by atoms with van der Waals surface area (Å²) in [7, 11) is -4.76. The van der Waals surface area contributed by atoms with E-state index in [-0.39, 0.29) is 36.5 Å². The van der Waals surface area contributed by atoms with Gasteiger partial charge in [0.15, 0.2) is 35.5 Å². The summed E-state index contributed by atoms with van der Waals surface area (Å²) in [4.78, 5) is 30.4. The molecule has 20 nitrogen and oxygen atoms in total. The molecule has 5 rings (SSSR count). The molecule has 68 heavy (non-hydrogen) atoms. The van der Waals surface area contributed by atoms with Gasteiger partial charge in [-0.3, -0.25) is 0 Å². The summed E-state index contributed by atoms with van der Waals surface area (Å²) >= 11 is 0. The maximum Gasteiger partial charge on any atom is 0.508 e. The lowest BCUT2D eigenvalue weighted by molar-refractivity contribution is -0.333. The molecule has 11 atom stereocenters. The Kier molecular flexibility index (Phi) is 20.6. The summed E-state index contributed by atoms with van der Waals surface area (Å²) in [6.07, 6.45) is -7.76. The highest BCUT2D eigenvalue weighted by Crippen LogP contribution is 2.43. The zero-order chi connectivity index (χ0) is 50.3. The molecule has 0 saturated carbocycles. The van der Waals surface area contributed by atoms with Crippen LogP contribution in [0.25, 0.3) is 20.9 Å². The molecule has 2 aromatic rings. The first-order valence-electron chi connectivity index (χ1n) is 22.3. The summed E-state index contributed by atoms with van der Waals surface area (Å²) in [5.74, 6) is 0. The SMILES string of the molecule is C=CCOC(=O)O[C@@H]1C(N=[N+]=[N-])[C@H](O[Si](C)(C)C(C)(C)C)OC(COCc2ccccc2)[C@H]1O.C=CCOC(=O)O[C@@H]1C(N=[N+]=[N-])[C@H](O[Si](C)(C)C(C)(C)C)OC2COC(c3ccccc3)O[C@H]21. The van der Waals surface area contributed by atoms with Crippen molar-refractivity contribution < 1.29 is 66.2 Å². The molecule has 3 fully saturated rings. The van der Waals surface area contributed by atoms with Crippen molar-refractivity contribution in [2.24, 2.45) is 10.2 Å². The summed E-state index contributed by atoms with van der Waals surface area (Å²) in [5.41, 5.74) is 20.2. The first-order chi connectivity index (χ1) is 32.1. The lowest BCUT2D eigenvalue weighted by Gasteiger charge is -2.50. The van der Waals surface area contributed by atoms with E-state index >= 15 is 0 Å². The molecule has 3 aliphatic rings. The minimum Gasteiger partial charge on any atom is -0.430 e. The molecule has 0 amide bonds. The van der Waals surface area contributed by atoms with Crippen molar-refractivity contribution in [3.05, 3.63) is 118 Å². The van der Waals surface area contributed by atoms with E-state index < -0.39 is 96.5 Å². The van der Waals surface area contributed by atoms with Crippen LogP contribution in [-0.4, -0.2) is 122 Å². The van der Waals surface area contributed by atoms with Gasteiger partial charge in [0.05, 0.1) is 19.8 Å². The molecule has 374 valence electrons. The van der Waals surface area contributed by atoms with E-state index in [1.807, 2.05) is 73.8 Å². The fourth-order valence-electron chi connectivity index (χ4n) is 6.56. The van der Waals surface area contributed by atoms with E-state index in [0.717, 1.165) is 11.1 Å². The molecule has 3 saturated heterocycles. The van der Waals surface area contributed by atoms with Crippen LogP contribution < -0.4 is 0 Å². The van der Waals surface area contributed by atoms with Gasteiger partial charge in [-0.25, -0.2) is 9.59 Å². The molecule has 22 heteroatoms. The van der Waals surface area contributed by atoms with Crippen LogP contribution in [0.1, 0.15) is 59.0 Å². The Morgan fingerprint density at radius 1 is 0.765 bits per heavy atom. The summed E-state index contributed by atoms with van der Waals surface area (Å²) in [6.45, 7) is 28.0. The Hall–Kier alpha value is -4.81. The summed E-state index contributed by atoms with van der Waals surface area (Å²) < 4.78 is 63.9. The Morgan fingerprint density at radius 3 is 1.75 bits per heavy atom.